The van der Waals surface area contributed by atoms with E-state index in [1.54, 1.807) is 7.11 Å². The second-order valence-electron chi connectivity index (χ2n) is 6.37. The molecule has 3 rings (SSSR count). The Labute approximate surface area is 158 Å². The smallest absolute Gasteiger partial charge is 0.229 e. The first-order valence-corrected chi connectivity index (χ1v) is 8.90. The number of amides is 3. The average Bonchev–Trinajstić information content (AvgIpc) is 3.03. The van der Waals surface area contributed by atoms with Crippen LogP contribution in [0.25, 0.3) is 0 Å². The van der Waals surface area contributed by atoms with Crippen molar-refractivity contribution in [2.24, 2.45) is 0 Å². The van der Waals surface area contributed by atoms with Crippen molar-refractivity contribution in [2.75, 3.05) is 13.7 Å². The van der Waals surface area contributed by atoms with Gasteiger partial charge in [0, 0.05) is 25.8 Å². The molecule has 0 saturated carbocycles. The molecule has 1 unspecified atom stereocenters. The fourth-order valence-electron chi connectivity index (χ4n) is 3.12. The van der Waals surface area contributed by atoms with Crippen molar-refractivity contribution in [1.82, 2.24) is 10.2 Å². The van der Waals surface area contributed by atoms with E-state index in [-0.39, 0.29) is 49.6 Å². The van der Waals surface area contributed by atoms with Crippen molar-refractivity contribution >= 4 is 17.7 Å². The van der Waals surface area contributed by atoms with E-state index in [1.807, 2.05) is 54.6 Å². The Morgan fingerprint density at radius 3 is 2.19 bits per heavy atom. The summed E-state index contributed by atoms with van der Waals surface area (Å²) in [4.78, 5) is 37.0. The minimum atomic E-state index is -0.324. The average molecular weight is 366 g/mol. The summed E-state index contributed by atoms with van der Waals surface area (Å²) in [7, 11) is 1.60. The summed E-state index contributed by atoms with van der Waals surface area (Å²) in [5.41, 5.74) is 1.87. The number of likely N-dealkylation sites (tertiary alicyclic amines) is 1. The Hall–Kier alpha value is -3.15. The van der Waals surface area contributed by atoms with Crippen LogP contribution in [0, 0.1) is 0 Å². The lowest BCUT2D eigenvalue weighted by molar-refractivity contribution is -0.138. The number of methoxy groups -OCH3 is 1. The quantitative estimate of drug-likeness (QED) is 0.764. The first-order valence-electron chi connectivity index (χ1n) is 8.90. The molecule has 27 heavy (non-hydrogen) atoms. The van der Waals surface area contributed by atoms with Gasteiger partial charge in [0.15, 0.2) is 0 Å². The Balaban J connectivity index is 1.72. The number of nitrogens with one attached hydrogen (secondary N) is 1. The van der Waals surface area contributed by atoms with E-state index < -0.39 is 0 Å². The van der Waals surface area contributed by atoms with Gasteiger partial charge >= 0.3 is 0 Å². The molecule has 1 aliphatic rings. The van der Waals surface area contributed by atoms with Gasteiger partial charge in [0.1, 0.15) is 5.75 Å². The van der Waals surface area contributed by atoms with Crippen LogP contribution in [0.15, 0.2) is 54.6 Å². The first kappa shape index (κ1) is 18.6. The number of carbonyl (C=O) groups excluding carboxylic acids is 3. The molecule has 6 heteroatoms. The number of nitrogens with zero attached hydrogens (tertiary/aromatic N) is 1. The third-order valence-corrected chi connectivity index (χ3v) is 4.60. The van der Waals surface area contributed by atoms with Gasteiger partial charge in [-0.3, -0.25) is 19.3 Å². The zero-order chi connectivity index (χ0) is 19.2. The molecule has 1 heterocycles. The van der Waals surface area contributed by atoms with E-state index in [1.165, 1.54) is 4.90 Å². The van der Waals surface area contributed by atoms with Gasteiger partial charge in [-0.15, -0.1) is 0 Å². The molecule has 0 spiro atoms. The van der Waals surface area contributed by atoms with Gasteiger partial charge in [0.2, 0.25) is 17.7 Å². The van der Waals surface area contributed by atoms with Gasteiger partial charge in [0.25, 0.3) is 0 Å². The van der Waals surface area contributed by atoms with Crippen LogP contribution in [0.1, 0.15) is 36.4 Å². The minimum absolute atomic E-state index is 0.0803. The summed E-state index contributed by atoms with van der Waals surface area (Å²) in [5, 5.41) is 3.01. The Bertz CT molecular complexity index is 802. The first-order chi connectivity index (χ1) is 13.1. The van der Waals surface area contributed by atoms with E-state index in [2.05, 4.69) is 5.32 Å². The molecule has 140 valence electrons. The summed E-state index contributed by atoms with van der Waals surface area (Å²) in [6, 6.07) is 16.8. The van der Waals surface area contributed by atoms with Crippen molar-refractivity contribution < 1.29 is 19.1 Å². The van der Waals surface area contributed by atoms with E-state index in [4.69, 9.17) is 4.74 Å². The molecule has 0 radical (unpaired) electrons. The Morgan fingerprint density at radius 2 is 1.59 bits per heavy atom. The zero-order valence-corrected chi connectivity index (χ0v) is 15.2. The van der Waals surface area contributed by atoms with E-state index in [0.29, 0.717) is 0 Å². The summed E-state index contributed by atoms with van der Waals surface area (Å²) < 4.78 is 5.19. The lowest BCUT2D eigenvalue weighted by Crippen LogP contribution is -2.35. The highest BCUT2D eigenvalue weighted by atomic mass is 16.5. The SMILES string of the molecule is COc1ccc(C(NC(=O)CCN2C(=O)CCC2=O)c2ccccc2)cc1. The maximum absolute atomic E-state index is 12.5. The maximum atomic E-state index is 12.5. The Morgan fingerprint density at radius 1 is 1.00 bits per heavy atom. The second kappa shape index (κ2) is 8.49. The van der Waals surface area contributed by atoms with Crippen molar-refractivity contribution in [3.05, 3.63) is 65.7 Å². The van der Waals surface area contributed by atoms with Crippen LogP contribution in [0.3, 0.4) is 0 Å². The minimum Gasteiger partial charge on any atom is -0.497 e. The molecule has 0 aliphatic carbocycles. The van der Waals surface area contributed by atoms with Gasteiger partial charge in [-0.05, 0) is 23.3 Å². The molecule has 0 bridgehead atoms. The highest BCUT2D eigenvalue weighted by molar-refractivity contribution is 6.02. The lowest BCUT2D eigenvalue weighted by atomic mass is 9.98. The molecule has 1 aliphatic heterocycles. The molecule has 1 atom stereocenters. The van der Waals surface area contributed by atoms with Crippen LogP contribution in [0.2, 0.25) is 0 Å². The van der Waals surface area contributed by atoms with Gasteiger partial charge in [-0.1, -0.05) is 42.5 Å². The second-order valence-corrected chi connectivity index (χ2v) is 6.37. The number of carbonyl (C=O) groups is 3. The predicted molar refractivity (Wildman–Crippen MR) is 100.0 cm³/mol. The number of benzene rings is 2. The van der Waals surface area contributed by atoms with Gasteiger partial charge in [-0.25, -0.2) is 0 Å². The fraction of sp³-hybridized carbons (Fsp3) is 0.286. The monoisotopic (exact) mass is 366 g/mol. The molecular weight excluding hydrogens is 344 g/mol. The van der Waals surface area contributed by atoms with Crippen molar-refractivity contribution in [3.63, 3.8) is 0 Å². The topological polar surface area (TPSA) is 75.7 Å². The number of hydrogen-bond donors (Lipinski definition) is 1. The van der Waals surface area contributed by atoms with Crippen molar-refractivity contribution in [1.29, 1.82) is 0 Å². The van der Waals surface area contributed by atoms with Crippen LogP contribution in [-0.2, 0) is 14.4 Å². The van der Waals surface area contributed by atoms with Crippen LogP contribution in [0.4, 0.5) is 0 Å². The van der Waals surface area contributed by atoms with Gasteiger partial charge < -0.3 is 10.1 Å². The molecule has 2 aromatic rings. The molecular formula is C21H22N2O4. The highest BCUT2D eigenvalue weighted by Gasteiger charge is 2.29. The third kappa shape index (κ3) is 4.53. The number of imide groups is 1. The predicted octanol–water partition coefficient (Wildman–Crippen LogP) is 2.44. The number of ether oxygens (including phenoxy) is 1. The van der Waals surface area contributed by atoms with Crippen LogP contribution in [0.5, 0.6) is 5.75 Å². The van der Waals surface area contributed by atoms with Crippen molar-refractivity contribution in [2.45, 2.75) is 25.3 Å². The third-order valence-electron chi connectivity index (χ3n) is 4.60. The summed E-state index contributed by atoms with van der Waals surface area (Å²) in [6.45, 7) is 0.119. The van der Waals surface area contributed by atoms with E-state index in [9.17, 15) is 14.4 Å². The van der Waals surface area contributed by atoms with E-state index in [0.717, 1.165) is 16.9 Å². The lowest BCUT2D eigenvalue weighted by Gasteiger charge is -2.21. The molecule has 2 aromatic carbocycles. The highest BCUT2D eigenvalue weighted by Crippen LogP contribution is 2.24. The van der Waals surface area contributed by atoms with E-state index >= 15 is 0 Å². The molecule has 1 fully saturated rings. The van der Waals surface area contributed by atoms with Crippen LogP contribution < -0.4 is 10.1 Å². The molecule has 1 N–H and O–H groups in total. The Kier molecular flexibility index (Phi) is 5.86. The fourth-order valence-corrected chi connectivity index (χ4v) is 3.12. The number of rotatable bonds is 7. The zero-order valence-electron chi connectivity index (χ0n) is 15.2. The van der Waals surface area contributed by atoms with Crippen molar-refractivity contribution in [3.8, 4) is 5.75 Å². The molecule has 3 amide bonds. The summed E-state index contributed by atoms with van der Waals surface area (Å²) >= 11 is 0. The largest absolute Gasteiger partial charge is 0.497 e. The molecule has 1 saturated heterocycles. The standard InChI is InChI=1S/C21H22N2O4/c1-27-17-9-7-16(8-10-17)21(15-5-3-2-4-6-15)22-18(24)13-14-23-19(25)11-12-20(23)26/h2-10,21H,11-14H2,1H3,(H,22,24). The van der Waals surface area contributed by atoms with Crippen LogP contribution >= 0.6 is 0 Å². The normalized spacial score (nSPS) is 14.9. The molecule has 0 aromatic heterocycles. The van der Waals surface area contributed by atoms with Gasteiger partial charge in [-0.2, -0.15) is 0 Å². The van der Waals surface area contributed by atoms with Gasteiger partial charge in [0.05, 0.1) is 13.2 Å². The summed E-state index contributed by atoms with van der Waals surface area (Å²) in [5.74, 6) is 0.111. The van der Waals surface area contributed by atoms with Crippen LogP contribution in [-0.4, -0.2) is 36.3 Å². The summed E-state index contributed by atoms with van der Waals surface area (Å²) in [6.07, 6.45) is 0.550. The molecule has 6 nitrogen and oxygen atoms in total. The number of hydrogen-bond acceptors (Lipinski definition) is 4. The maximum Gasteiger partial charge on any atom is 0.229 e.